The highest BCUT2D eigenvalue weighted by Crippen LogP contribution is 2.31. The Morgan fingerprint density at radius 1 is 1.00 bits per heavy atom. The number of nitrogens with one attached hydrogen (secondary N) is 1. The highest BCUT2D eigenvalue weighted by atomic mass is 32.2. The van der Waals surface area contributed by atoms with E-state index >= 15 is 0 Å². The number of sulfonamides is 1. The summed E-state index contributed by atoms with van der Waals surface area (Å²) in [6.45, 7) is 0. The van der Waals surface area contributed by atoms with Crippen LogP contribution in [-0.4, -0.2) is 30.1 Å². The van der Waals surface area contributed by atoms with E-state index in [2.05, 4.69) is 14.7 Å². The zero-order valence-electron chi connectivity index (χ0n) is 20.0. The molecule has 0 radical (unpaired) electrons. The number of fused-ring (bicyclic) bond motifs is 1. The summed E-state index contributed by atoms with van der Waals surface area (Å²) in [6, 6.07) is 23.1. The Labute approximate surface area is 217 Å². The molecular weight excluding hydrogens is 504 g/mol. The van der Waals surface area contributed by atoms with Gasteiger partial charge in [0.15, 0.2) is 0 Å². The summed E-state index contributed by atoms with van der Waals surface area (Å²) in [4.78, 5) is 21.9. The summed E-state index contributed by atoms with van der Waals surface area (Å²) in [6.07, 6.45) is 1.51. The van der Waals surface area contributed by atoms with E-state index in [4.69, 9.17) is 15.7 Å². The van der Waals surface area contributed by atoms with E-state index in [0.717, 1.165) is 0 Å². The molecule has 0 bridgehead atoms. The molecule has 2 aromatic heterocycles. The number of hydrogen-bond acceptors (Lipinski definition) is 8. The first-order chi connectivity index (χ1) is 18.3. The van der Waals surface area contributed by atoms with Gasteiger partial charge in [0.05, 0.1) is 40.2 Å². The Morgan fingerprint density at radius 2 is 1.79 bits per heavy atom. The summed E-state index contributed by atoms with van der Waals surface area (Å²) >= 11 is 0. The quantitative estimate of drug-likeness (QED) is 0.341. The van der Waals surface area contributed by atoms with Gasteiger partial charge in [-0.2, -0.15) is 5.26 Å². The van der Waals surface area contributed by atoms with Gasteiger partial charge in [0.25, 0.3) is 15.6 Å². The summed E-state index contributed by atoms with van der Waals surface area (Å²) in [5, 5.41) is 9.45. The van der Waals surface area contributed by atoms with Gasteiger partial charge in [-0.3, -0.25) is 9.52 Å². The molecule has 0 aliphatic heterocycles. The smallest absolute Gasteiger partial charge is 0.267 e. The van der Waals surface area contributed by atoms with E-state index in [1.165, 1.54) is 42.1 Å². The topological polar surface area (TPSA) is 153 Å². The second kappa shape index (κ2) is 9.68. The molecule has 0 fully saturated rings. The number of methoxy groups -OCH3 is 1. The van der Waals surface area contributed by atoms with Crippen molar-refractivity contribution in [1.82, 2.24) is 14.5 Å². The molecule has 3 N–H and O–H groups in total. The fraction of sp³-hybridized carbons (Fsp3) is 0.0370. The predicted octanol–water partition coefficient (Wildman–Crippen LogP) is 3.71. The number of hydrogen-bond donors (Lipinski definition) is 2. The number of nitrogen functional groups attached to an aromatic ring is 1. The SMILES string of the molecule is COc1ncc(-c2ccc3nc(N)n(-c4ccccc4)c(=O)c3c2)cc1NS(=O)(=O)c1cccc(C#N)c1. The molecule has 2 heterocycles. The van der Waals surface area contributed by atoms with Crippen LogP contribution in [0.15, 0.2) is 94.7 Å². The van der Waals surface area contributed by atoms with Crippen LogP contribution in [-0.2, 0) is 10.0 Å². The van der Waals surface area contributed by atoms with Crippen LogP contribution in [0.5, 0.6) is 5.88 Å². The van der Waals surface area contributed by atoms with Crippen LogP contribution in [0.3, 0.4) is 0 Å². The summed E-state index contributed by atoms with van der Waals surface area (Å²) in [5.41, 5.74) is 8.17. The van der Waals surface area contributed by atoms with E-state index in [0.29, 0.717) is 27.7 Å². The van der Waals surface area contributed by atoms with Crippen molar-refractivity contribution >= 4 is 32.6 Å². The average molecular weight is 525 g/mol. The van der Waals surface area contributed by atoms with Gasteiger partial charge in [-0.1, -0.05) is 30.3 Å². The molecule has 5 aromatic rings. The summed E-state index contributed by atoms with van der Waals surface area (Å²) in [5.74, 6) is 0.111. The van der Waals surface area contributed by atoms with Crippen LogP contribution >= 0.6 is 0 Å². The minimum absolute atomic E-state index is 0.0513. The maximum Gasteiger partial charge on any atom is 0.267 e. The molecule has 0 unspecified atom stereocenters. The van der Waals surface area contributed by atoms with Crippen LogP contribution in [0, 0.1) is 11.3 Å². The number of ether oxygens (including phenoxy) is 1. The average Bonchev–Trinajstić information content (AvgIpc) is 2.93. The Kier molecular flexibility index (Phi) is 6.24. The normalized spacial score (nSPS) is 11.2. The van der Waals surface area contributed by atoms with Gasteiger partial charge in [0.2, 0.25) is 11.8 Å². The molecule has 0 spiro atoms. The van der Waals surface area contributed by atoms with Gasteiger partial charge in [-0.25, -0.2) is 23.0 Å². The molecule has 0 saturated carbocycles. The van der Waals surface area contributed by atoms with Crippen LogP contribution in [0.25, 0.3) is 27.7 Å². The van der Waals surface area contributed by atoms with Crippen molar-refractivity contribution in [2.45, 2.75) is 4.90 Å². The minimum Gasteiger partial charge on any atom is -0.480 e. The Balaban J connectivity index is 1.59. The second-order valence-corrected chi connectivity index (χ2v) is 9.89. The molecule has 3 aromatic carbocycles. The van der Waals surface area contributed by atoms with E-state index in [-0.39, 0.29) is 33.5 Å². The van der Waals surface area contributed by atoms with Crippen molar-refractivity contribution < 1.29 is 13.2 Å². The molecule has 0 atom stereocenters. The number of anilines is 2. The minimum atomic E-state index is -4.06. The first-order valence-corrected chi connectivity index (χ1v) is 12.7. The number of para-hydroxylation sites is 1. The molecular formula is C27H20N6O4S. The van der Waals surface area contributed by atoms with Gasteiger partial charge >= 0.3 is 0 Å². The van der Waals surface area contributed by atoms with Gasteiger partial charge in [-0.05, 0) is 54.1 Å². The molecule has 0 saturated heterocycles. The standard InChI is InChI=1S/C27H20N6O4S/c1-37-25-24(32-38(35,36)21-9-5-6-17(12-21)15-28)14-19(16-30-25)18-10-11-23-22(13-18)26(34)33(27(29)31-23)20-7-3-2-4-8-20/h2-14,16,32H,1H3,(H2,29,31). The van der Waals surface area contributed by atoms with Crippen molar-refractivity contribution in [3.8, 4) is 28.8 Å². The van der Waals surface area contributed by atoms with Gasteiger partial charge in [0.1, 0.15) is 5.69 Å². The zero-order chi connectivity index (χ0) is 26.9. The number of pyridine rings is 1. The highest BCUT2D eigenvalue weighted by molar-refractivity contribution is 7.92. The fourth-order valence-electron chi connectivity index (χ4n) is 3.99. The largest absolute Gasteiger partial charge is 0.480 e. The third-order valence-corrected chi connectivity index (χ3v) is 7.17. The van der Waals surface area contributed by atoms with Crippen molar-refractivity contribution in [2.24, 2.45) is 0 Å². The first kappa shape index (κ1) is 24.5. The van der Waals surface area contributed by atoms with E-state index < -0.39 is 10.0 Å². The number of aromatic nitrogens is 3. The molecule has 38 heavy (non-hydrogen) atoms. The van der Waals surface area contributed by atoms with Crippen LogP contribution in [0.4, 0.5) is 11.6 Å². The van der Waals surface area contributed by atoms with Gasteiger partial charge < -0.3 is 10.5 Å². The van der Waals surface area contributed by atoms with Crippen molar-refractivity contribution in [3.63, 3.8) is 0 Å². The first-order valence-electron chi connectivity index (χ1n) is 11.3. The van der Waals surface area contributed by atoms with Crippen LogP contribution in [0.2, 0.25) is 0 Å². The van der Waals surface area contributed by atoms with Gasteiger partial charge in [0, 0.05) is 11.8 Å². The summed E-state index contributed by atoms with van der Waals surface area (Å²) < 4.78 is 35.2. The molecule has 0 aliphatic carbocycles. The van der Waals surface area contributed by atoms with Crippen molar-refractivity contribution in [1.29, 1.82) is 5.26 Å². The monoisotopic (exact) mass is 524 g/mol. The van der Waals surface area contributed by atoms with Crippen molar-refractivity contribution in [3.05, 3.63) is 101 Å². The molecule has 11 heteroatoms. The van der Waals surface area contributed by atoms with E-state index in [1.54, 1.807) is 48.5 Å². The number of nitrogens with two attached hydrogens (primary N) is 1. The third kappa shape index (κ3) is 4.52. The Hall–Kier alpha value is -5.21. The lowest BCUT2D eigenvalue weighted by Crippen LogP contribution is -2.23. The molecule has 0 amide bonds. The Morgan fingerprint density at radius 3 is 2.53 bits per heavy atom. The van der Waals surface area contributed by atoms with E-state index in [9.17, 15) is 13.2 Å². The molecule has 10 nitrogen and oxygen atoms in total. The number of nitrogens with zero attached hydrogens (tertiary/aromatic N) is 4. The zero-order valence-corrected chi connectivity index (χ0v) is 20.8. The lowest BCUT2D eigenvalue weighted by molar-refractivity contribution is 0.400. The maximum absolute atomic E-state index is 13.4. The number of nitriles is 1. The van der Waals surface area contributed by atoms with Crippen LogP contribution < -0.4 is 20.8 Å². The predicted molar refractivity (Wildman–Crippen MR) is 144 cm³/mol. The molecule has 0 aliphatic rings. The lowest BCUT2D eigenvalue weighted by atomic mass is 10.0. The lowest BCUT2D eigenvalue weighted by Gasteiger charge is -2.14. The fourth-order valence-corrected chi connectivity index (χ4v) is 5.08. The second-order valence-electron chi connectivity index (χ2n) is 8.20. The van der Waals surface area contributed by atoms with Crippen molar-refractivity contribution in [2.75, 3.05) is 17.6 Å². The Bertz CT molecular complexity index is 1900. The third-order valence-electron chi connectivity index (χ3n) is 5.80. The number of benzene rings is 3. The van der Waals surface area contributed by atoms with Gasteiger partial charge in [-0.15, -0.1) is 0 Å². The molecule has 5 rings (SSSR count). The number of rotatable bonds is 6. The molecule has 188 valence electrons. The van der Waals surface area contributed by atoms with E-state index in [1.807, 2.05) is 12.1 Å². The maximum atomic E-state index is 13.4. The summed E-state index contributed by atoms with van der Waals surface area (Å²) in [7, 11) is -2.69. The highest BCUT2D eigenvalue weighted by Gasteiger charge is 2.19. The van der Waals surface area contributed by atoms with Crippen LogP contribution in [0.1, 0.15) is 5.56 Å².